The fourth-order valence-electron chi connectivity index (χ4n) is 4.29. The number of aliphatic hydroxyl groups is 1. The molecule has 26 heavy (non-hydrogen) atoms. The molecule has 7 nitrogen and oxygen atoms in total. The quantitative estimate of drug-likeness (QED) is 0.742. The number of aromatic nitrogens is 1. The standard InChI is InChI=1S/C19H32N4O3/c1-13-16(14(2)26-22-13)7-10-20-19(25)21-15-8-11-23(12-9-15)17-5-3-4-6-18(17)24/h15,17-18,24H,3-12H2,1-2H3,(H2,20,21,25). The Kier molecular flexibility index (Phi) is 6.53. The van der Waals surface area contributed by atoms with Crippen LogP contribution < -0.4 is 10.6 Å². The maximum absolute atomic E-state index is 12.1. The summed E-state index contributed by atoms with van der Waals surface area (Å²) < 4.78 is 5.14. The van der Waals surface area contributed by atoms with Crippen LogP contribution >= 0.6 is 0 Å². The van der Waals surface area contributed by atoms with E-state index in [1.165, 1.54) is 6.42 Å². The van der Waals surface area contributed by atoms with E-state index in [0.29, 0.717) is 12.6 Å². The summed E-state index contributed by atoms with van der Waals surface area (Å²) in [6, 6.07) is 0.424. The maximum atomic E-state index is 12.1. The largest absolute Gasteiger partial charge is 0.391 e. The second-order valence-electron chi connectivity index (χ2n) is 7.68. The van der Waals surface area contributed by atoms with Gasteiger partial charge in [0.1, 0.15) is 5.76 Å². The lowest BCUT2D eigenvalue weighted by Gasteiger charge is -2.41. The minimum absolute atomic E-state index is 0.104. The summed E-state index contributed by atoms with van der Waals surface area (Å²) >= 11 is 0. The summed E-state index contributed by atoms with van der Waals surface area (Å²) in [4.78, 5) is 14.5. The predicted octanol–water partition coefficient (Wildman–Crippen LogP) is 1.90. The Hall–Kier alpha value is -1.60. The zero-order valence-electron chi connectivity index (χ0n) is 16.0. The Balaban J connectivity index is 1.35. The van der Waals surface area contributed by atoms with Gasteiger partial charge in [-0.2, -0.15) is 0 Å². The average Bonchev–Trinajstić information content (AvgIpc) is 2.95. The molecule has 2 aliphatic rings. The first-order valence-electron chi connectivity index (χ1n) is 9.93. The van der Waals surface area contributed by atoms with Crippen molar-refractivity contribution in [2.24, 2.45) is 0 Å². The number of carbonyl (C=O) groups is 1. The fourth-order valence-corrected chi connectivity index (χ4v) is 4.29. The molecule has 2 heterocycles. The van der Waals surface area contributed by atoms with Crippen molar-refractivity contribution in [1.82, 2.24) is 20.7 Å². The Morgan fingerprint density at radius 2 is 1.96 bits per heavy atom. The lowest BCUT2D eigenvalue weighted by molar-refractivity contribution is 0.00777. The lowest BCUT2D eigenvalue weighted by Crippen LogP contribution is -2.53. The predicted molar refractivity (Wildman–Crippen MR) is 99.1 cm³/mol. The number of piperidine rings is 1. The van der Waals surface area contributed by atoms with Crippen molar-refractivity contribution in [2.75, 3.05) is 19.6 Å². The van der Waals surface area contributed by atoms with Gasteiger partial charge in [-0.15, -0.1) is 0 Å². The number of nitrogens with one attached hydrogen (secondary N) is 2. The summed E-state index contributed by atoms with van der Waals surface area (Å²) in [5.74, 6) is 0.821. The van der Waals surface area contributed by atoms with E-state index >= 15 is 0 Å². The first-order valence-corrected chi connectivity index (χ1v) is 9.93. The molecule has 3 rings (SSSR count). The van der Waals surface area contributed by atoms with Gasteiger partial charge >= 0.3 is 6.03 Å². The zero-order valence-corrected chi connectivity index (χ0v) is 16.0. The van der Waals surface area contributed by atoms with E-state index < -0.39 is 0 Å². The normalized spacial score (nSPS) is 25.2. The molecule has 0 aromatic carbocycles. The molecule has 2 atom stereocenters. The lowest BCUT2D eigenvalue weighted by atomic mass is 9.89. The maximum Gasteiger partial charge on any atom is 0.315 e. The van der Waals surface area contributed by atoms with E-state index in [1.54, 1.807) is 0 Å². The van der Waals surface area contributed by atoms with Gasteiger partial charge in [0.25, 0.3) is 0 Å². The summed E-state index contributed by atoms with van der Waals surface area (Å²) in [5.41, 5.74) is 1.96. The van der Waals surface area contributed by atoms with E-state index in [1.807, 2.05) is 13.8 Å². The molecule has 2 amide bonds. The number of likely N-dealkylation sites (tertiary alicyclic amines) is 1. The molecule has 0 bridgehead atoms. The van der Waals surface area contributed by atoms with Crippen molar-refractivity contribution in [3.63, 3.8) is 0 Å². The number of aryl methyl sites for hydroxylation is 2. The third-order valence-electron chi connectivity index (χ3n) is 5.87. The van der Waals surface area contributed by atoms with Gasteiger partial charge in [0.2, 0.25) is 0 Å². The number of amides is 2. The molecule has 146 valence electrons. The van der Waals surface area contributed by atoms with Crippen molar-refractivity contribution in [3.05, 3.63) is 17.0 Å². The molecule has 0 spiro atoms. The summed E-state index contributed by atoms with van der Waals surface area (Å²) in [7, 11) is 0. The van der Waals surface area contributed by atoms with Gasteiger partial charge in [0.05, 0.1) is 11.8 Å². The number of hydrogen-bond donors (Lipinski definition) is 3. The SMILES string of the molecule is Cc1noc(C)c1CCNC(=O)NC1CCN(C2CCCCC2O)CC1. The molecular formula is C19H32N4O3. The number of hydrogen-bond acceptors (Lipinski definition) is 5. The van der Waals surface area contributed by atoms with Crippen molar-refractivity contribution in [2.45, 2.75) is 77.0 Å². The Morgan fingerprint density at radius 3 is 2.62 bits per heavy atom. The Labute approximate surface area is 155 Å². The highest BCUT2D eigenvalue weighted by Crippen LogP contribution is 2.25. The van der Waals surface area contributed by atoms with E-state index in [0.717, 1.165) is 68.6 Å². The minimum atomic E-state index is -0.180. The van der Waals surface area contributed by atoms with Crippen LogP contribution in [-0.2, 0) is 6.42 Å². The van der Waals surface area contributed by atoms with Gasteiger partial charge in [0, 0.05) is 37.3 Å². The molecule has 7 heteroatoms. The Morgan fingerprint density at radius 1 is 1.23 bits per heavy atom. The molecule has 1 saturated carbocycles. The van der Waals surface area contributed by atoms with Crippen LogP contribution in [-0.4, -0.2) is 59.0 Å². The number of aliphatic hydroxyl groups excluding tert-OH is 1. The molecule has 1 aliphatic heterocycles. The number of urea groups is 1. The zero-order chi connectivity index (χ0) is 18.5. The van der Waals surface area contributed by atoms with Gasteiger partial charge in [-0.1, -0.05) is 18.0 Å². The minimum Gasteiger partial charge on any atom is -0.391 e. The van der Waals surface area contributed by atoms with Gasteiger partial charge in [-0.25, -0.2) is 4.79 Å². The highest BCUT2D eigenvalue weighted by atomic mass is 16.5. The molecular weight excluding hydrogens is 332 g/mol. The second-order valence-corrected chi connectivity index (χ2v) is 7.68. The van der Waals surface area contributed by atoms with Crippen molar-refractivity contribution in [1.29, 1.82) is 0 Å². The van der Waals surface area contributed by atoms with Gasteiger partial charge in [0.15, 0.2) is 0 Å². The van der Waals surface area contributed by atoms with Gasteiger partial charge < -0.3 is 20.3 Å². The molecule has 2 fully saturated rings. The van der Waals surface area contributed by atoms with Crippen molar-refractivity contribution >= 4 is 6.03 Å². The van der Waals surface area contributed by atoms with Gasteiger partial charge in [-0.3, -0.25) is 4.90 Å². The first kappa shape index (κ1) is 19.2. The van der Waals surface area contributed by atoms with Crippen LogP contribution in [0.25, 0.3) is 0 Å². The van der Waals surface area contributed by atoms with Crippen LogP contribution in [0.4, 0.5) is 4.79 Å². The smallest absolute Gasteiger partial charge is 0.315 e. The molecule has 1 aliphatic carbocycles. The molecule has 1 saturated heterocycles. The molecule has 2 unspecified atom stereocenters. The monoisotopic (exact) mass is 364 g/mol. The van der Waals surface area contributed by atoms with Crippen LogP contribution in [0.15, 0.2) is 4.52 Å². The second kappa shape index (κ2) is 8.86. The summed E-state index contributed by atoms with van der Waals surface area (Å²) in [5, 5.41) is 20.2. The average molecular weight is 364 g/mol. The van der Waals surface area contributed by atoms with E-state index in [9.17, 15) is 9.90 Å². The number of nitrogens with zero attached hydrogens (tertiary/aromatic N) is 2. The van der Waals surface area contributed by atoms with E-state index in [4.69, 9.17) is 4.52 Å². The first-order chi connectivity index (χ1) is 12.5. The van der Waals surface area contributed by atoms with Crippen molar-refractivity contribution in [3.8, 4) is 0 Å². The highest BCUT2D eigenvalue weighted by molar-refractivity contribution is 5.74. The summed E-state index contributed by atoms with van der Waals surface area (Å²) in [6.45, 7) is 6.29. The number of rotatable bonds is 5. The van der Waals surface area contributed by atoms with E-state index in [2.05, 4.69) is 20.7 Å². The fraction of sp³-hybridized carbons (Fsp3) is 0.789. The van der Waals surface area contributed by atoms with Gasteiger partial charge in [-0.05, 0) is 46.0 Å². The van der Waals surface area contributed by atoms with Crippen LogP contribution in [0.3, 0.4) is 0 Å². The third kappa shape index (κ3) is 4.76. The summed E-state index contributed by atoms with van der Waals surface area (Å²) in [6.07, 6.45) is 6.82. The van der Waals surface area contributed by atoms with Crippen LogP contribution in [0.2, 0.25) is 0 Å². The molecule has 1 aromatic rings. The van der Waals surface area contributed by atoms with Crippen LogP contribution in [0.5, 0.6) is 0 Å². The topological polar surface area (TPSA) is 90.6 Å². The molecule has 3 N–H and O–H groups in total. The van der Waals surface area contributed by atoms with Crippen LogP contribution in [0, 0.1) is 13.8 Å². The van der Waals surface area contributed by atoms with Crippen molar-refractivity contribution < 1.29 is 14.4 Å². The van der Waals surface area contributed by atoms with Crippen LogP contribution in [0.1, 0.15) is 55.5 Å². The molecule has 1 aromatic heterocycles. The Bertz CT molecular complexity index is 576. The number of carbonyl (C=O) groups excluding carboxylic acids is 1. The highest BCUT2D eigenvalue weighted by Gasteiger charge is 2.31. The van der Waals surface area contributed by atoms with E-state index in [-0.39, 0.29) is 18.2 Å². The third-order valence-corrected chi connectivity index (χ3v) is 5.87. The molecule has 0 radical (unpaired) electrons.